The van der Waals surface area contributed by atoms with Crippen molar-refractivity contribution in [3.05, 3.63) is 18.2 Å². The van der Waals surface area contributed by atoms with Gasteiger partial charge in [0.05, 0.1) is 19.5 Å². The number of morpholine rings is 1. The molecule has 0 bridgehead atoms. The third-order valence-electron chi connectivity index (χ3n) is 2.85. The number of nitrogens with one attached hydrogen (secondary N) is 3. The molecule has 1 unspecified atom stereocenters. The molecule has 9 nitrogen and oxygen atoms in total. The average Bonchev–Trinajstić information content (AvgIpc) is 2.92. The number of amides is 2. The quantitative estimate of drug-likeness (QED) is 0.547. The number of aliphatic carboxylic acids is 1. The fourth-order valence-corrected chi connectivity index (χ4v) is 1.83. The number of ether oxygens (including phenoxy) is 1. The molecular formula is C11H17N5O4. The molecule has 1 aromatic rings. The molecule has 110 valence electrons. The van der Waals surface area contributed by atoms with E-state index >= 15 is 0 Å². The van der Waals surface area contributed by atoms with Crippen LogP contribution in [-0.2, 0) is 16.0 Å². The Bertz CT molecular complexity index is 444. The Kier molecular flexibility index (Phi) is 4.91. The first-order chi connectivity index (χ1) is 9.65. The first kappa shape index (κ1) is 14.3. The zero-order chi connectivity index (χ0) is 14.4. The van der Waals surface area contributed by atoms with Crippen LogP contribution < -0.4 is 10.7 Å². The lowest BCUT2D eigenvalue weighted by Crippen LogP contribution is -2.55. The van der Waals surface area contributed by atoms with Crippen LogP contribution in [0, 0.1) is 0 Å². The zero-order valence-electron chi connectivity index (χ0n) is 10.8. The van der Waals surface area contributed by atoms with Crippen LogP contribution in [0.4, 0.5) is 4.79 Å². The lowest BCUT2D eigenvalue weighted by molar-refractivity contribution is -0.139. The van der Waals surface area contributed by atoms with Crippen LogP contribution in [0.2, 0.25) is 0 Å². The molecule has 0 spiro atoms. The van der Waals surface area contributed by atoms with Crippen LogP contribution in [0.1, 0.15) is 5.69 Å². The van der Waals surface area contributed by atoms with E-state index in [1.54, 1.807) is 5.01 Å². The normalized spacial score (nSPS) is 17.4. The number of carboxylic acids is 1. The van der Waals surface area contributed by atoms with Crippen LogP contribution in [0.15, 0.2) is 12.5 Å². The van der Waals surface area contributed by atoms with Crippen LogP contribution in [0.3, 0.4) is 0 Å². The van der Waals surface area contributed by atoms with E-state index < -0.39 is 18.0 Å². The maximum Gasteiger partial charge on any atom is 0.330 e. The summed E-state index contributed by atoms with van der Waals surface area (Å²) in [6.45, 7) is 2.23. The van der Waals surface area contributed by atoms with E-state index in [2.05, 4.69) is 20.7 Å². The smallest absolute Gasteiger partial charge is 0.330 e. The maximum absolute atomic E-state index is 11.8. The molecule has 0 aliphatic carbocycles. The standard InChI is InChI=1S/C11H17N5O4/c17-10(18)9(5-8-6-12-7-13-8)14-11(19)15-16-1-3-20-4-2-16/h6-7,9H,1-5H2,(H,12,13)(H,17,18)(H2,14,15,19). The predicted molar refractivity (Wildman–Crippen MR) is 67.8 cm³/mol. The van der Waals surface area contributed by atoms with Crippen LogP contribution in [-0.4, -0.2) is 64.4 Å². The molecule has 1 aromatic heterocycles. The number of carbonyl (C=O) groups excluding carboxylic acids is 1. The van der Waals surface area contributed by atoms with Crippen LogP contribution >= 0.6 is 0 Å². The fourth-order valence-electron chi connectivity index (χ4n) is 1.83. The largest absolute Gasteiger partial charge is 0.480 e. The lowest BCUT2D eigenvalue weighted by atomic mass is 10.2. The topological polar surface area (TPSA) is 120 Å². The van der Waals surface area contributed by atoms with Crippen molar-refractivity contribution in [2.45, 2.75) is 12.5 Å². The minimum Gasteiger partial charge on any atom is -0.480 e. The third kappa shape index (κ3) is 4.21. The van der Waals surface area contributed by atoms with Gasteiger partial charge in [0.15, 0.2) is 0 Å². The summed E-state index contributed by atoms with van der Waals surface area (Å²) >= 11 is 0. The summed E-state index contributed by atoms with van der Waals surface area (Å²) < 4.78 is 5.15. The number of nitrogens with zero attached hydrogens (tertiary/aromatic N) is 2. The van der Waals surface area contributed by atoms with Crippen molar-refractivity contribution >= 4 is 12.0 Å². The van der Waals surface area contributed by atoms with Crippen molar-refractivity contribution in [3.8, 4) is 0 Å². The van der Waals surface area contributed by atoms with E-state index in [0.29, 0.717) is 32.0 Å². The maximum atomic E-state index is 11.8. The molecule has 1 aliphatic heterocycles. The lowest BCUT2D eigenvalue weighted by Gasteiger charge is -2.27. The monoisotopic (exact) mass is 283 g/mol. The fraction of sp³-hybridized carbons (Fsp3) is 0.545. The summed E-state index contributed by atoms with van der Waals surface area (Å²) in [4.78, 5) is 29.5. The molecule has 2 heterocycles. The molecule has 0 aromatic carbocycles. The molecule has 1 saturated heterocycles. The third-order valence-corrected chi connectivity index (χ3v) is 2.85. The molecule has 2 amide bonds. The van der Waals surface area contributed by atoms with Crippen molar-refractivity contribution in [3.63, 3.8) is 0 Å². The minimum atomic E-state index is -1.10. The van der Waals surface area contributed by atoms with Gasteiger partial charge in [0.2, 0.25) is 0 Å². The van der Waals surface area contributed by atoms with Crippen molar-refractivity contribution in [2.75, 3.05) is 26.3 Å². The summed E-state index contributed by atoms with van der Waals surface area (Å²) in [7, 11) is 0. The van der Waals surface area contributed by atoms with Gasteiger partial charge in [-0.25, -0.2) is 19.6 Å². The summed E-state index contributed by atoms with van der Waals surface area (Å²) in [5.74, 6) is -1.10. The van der Waals surface area contributed by atoms with Crippen LogP contribution in [0.5, 0.6) is 0 Å². The Hall–Kier alpha value is -2.13. The van der Waals surface area contributed by atoms with Gasteiger partial charge in [-0.2, -0.15) is 0 Å². The summed E-state index contributed by atoms with van der Waals surface area (Å²) in [5, 5.41) is 13.2. The number of aromatic amines is 1. The van der Waals surface area contributed by atoms with Gasteiger partial charge >= 0.3 is 12.0 Å². The van der Waals surface area contributed by atoms with Crippen molar-refractivity contribution in [1.82, 2.24) is 25.7 Å². The highest BCUT2D eigenvalue weighted by Gasteiger charge is 2.22. The van der Waals surface area contributed by atoms with Gasteiger partial charge < -0.3 is 20.1 Å². The van der Waals surface area contributed by atoms with Gasteiger partial charge in [-0.3, -0.25) is 5.43 Å². The number of hydrazine groups is 1. The number of carbonyl (C=O) groups is 2. The van der Waals surface area contributed by atoms with Gasteiger partial charge in [0.1, 0.15) is 6.04 Å². The molecule has 9 heteroatoms. The number of hydrogen-bond donors (Lipinski definition) is 4. The Morgan fingerprint density at radius 2 is 2.25 bits per heavy atom. The van der Waals surface area contributed by atoms with Gasteiger partial charge in [-0.1, -0.05) is 0 Å². The van der Waals surface area contributed by atoms with E-state index in [1.807, 2.05) is 0 Å². The molecule has 0 saturated carbocycles. The molecule has 1 fully saturated rings. The molecule has 20 heavy (non-hydrogen) atoms. The van der Waals surface area contributed by atoms with Crippen molar-refractivity contribution in [2.24, 2.45) is 0 Å². The number of urea groups is 1. The highest BCUT2D eigenvalue weighted by Crippen LogP contribution is 1.99. The number of rotatable bonds is 5. The second kappa shape index (κ2) is 6.87. The number of carboxylic acid groups (broad SMARTS) is 1. The average molecular weight is 283 g/mol. The summed E-state index contributed by atoms with van der Waals surface area (Å²) in [5.41, 5.74) is 3.24. The molecule has 0 radical (unpaired) electrons. The Balaban J connectivity index is 1.83. The second-order valence-electron chi connectivity index (χ2n) is 4.36. The van der Waals surface area contributed by atoms with Gasteiger partial charge in [0.25, 0.3) is 0 Å². The van der Waals surface area contributed by atoms with E-state index in [4.69, 9.17) is 9.84 Å². The van der Waals surface area contributed by atoms with Crippen molar-refractivity contribution in [1.29, 1.82) is 0 Å². The van der Waals surface area contributed by atoms with Gasteiger partial charge in [-0.05, 0) is 0 Å². The highest BCUT2D eigenvalue weighted by molar-refractivity contribution is 5.82. The number of H-pyrrole nitrogens is 1. The number of hydrogen-bond acceptors (Lipinski definition) is 5. The molecule has 1 atom stereocenters. The zero-order valence-corrected chi connectivity index (χ0v) is 10.8. The number of aromatic nitrogens is 2. The minimum absolute atomic E-state index is 0.145. The Morgan fingerprint density at radius 3 is 2.85 bits per heavy atom. The van der Waals surface area contributed by atoms with E-state index in [1.165, 1.54) is 12.5 Å². The molecular weight excluding hydrogens is 266 g/mol. The van der Waals surface area contributed by atoms with E-state index in [0.717, 1.165) is 0 Å². The van der Waals surface area contributed by atoms with E-state index in [9.17, 15) is 9.59 Å². The van der Waals surface area contributed by atoms with Crippen LogP contribution in [0.25, 0.3) is 0 Å². The van der Waals surface area contributed by atoms with Gasteiger partial charge in [-0.15, -0.1) is 0 Å². The van der Waals surface area contributed by atoms with Crippen molar-refractivity contribution < 1.29 is 19.4 Å². The van der Waals surface area contributed by atoms with Gasteiger partial charge in [0, 0.05) is 31.4 Å². The summed E-state index contributed by atoms with van der Waals surface area (Å²) in [6, 6.07) is -1.56. The highest BCUT2D eigenvalue weighted by atomic mass is 16.5. The SMILES string of the molecule is O=C(NC(Cc1cnc[nH]1)C(=O)O)NN1CCOCC1. The first-order valence-corrected chi connectivity index (χ1v) is 6.25. The summed E-state index contributed by atoms with van der Waals surface area (Å²) in [6.07, 6.45) is 3.13. The molecule has 2 rings (SSSR count). The first-order valence-electron chi connectivity index (χ1n) is 6.25. The molecule has 4 N–H and O–H groups in total. The second-order valence-corrected chi connectivity index (χ2v) is 4.36. The Morgan fingerprint density at radius 1 is 1.50 bits per heavy atom. The number of imidazole rings is 1. The Labute approximate surface area is 115 Å². The van der Waals surface area contributed by atoms with E-state index in [-0.39, 0.29) is 6.42 Å². The predicted octanol–water partition coefficient (Wildman–Crippen LogP) is -1.05. The molecule has 1 aliphatic rings.